The third kappa shape index (κ3) is 7.38. The van der Waals surface area contributed by atoms with Crippen molar-refractivity contribution in [3.8, 4) is 0 Å². The monoisotopic (exact) mass is 267 g/mol. The van der Waals surface area contributed by atoms with Crippen LogP contribution < -0.4 is 5.32 Å². The van der Waals surface area contributed by atoms with Gasteiger partial charge in [0.05, 0.1) is 5.75 Å². The first-order valence-electron chi connectivity index (χ1n) is 4.56. The number of alkyl halides is 1. The minimum absolute atomic E-state index is 0.153. The lowest BCUT2D eigenvalue weighted by molar-refractivity contribution is -0.118. The Labute approximate surface area is 93.4 Å². The lowest BCUT2D eigenvalue weighted by atomic mass is 10.0. The van der Waals surface area contributed by atoms with Crippen LogP contribution in [0.2, 0.25) is 0 Å². The van der Waals surface area contributed by atoms with Gasteiger partial charge < -0.3 is 5.32 Å². The molecule has 78 valence electrons. The molecule has 13 heavy (non-hydrogen) atoms. The molecule has 0 aromatic rings. The smallest absolute Gasteiger partial charge is 0.229 e. The van der Waals surface area contributed by atoms with Crippen molar-refractivity contribution in [1.82, 2.24) is 5.32 Å². The summed E-state index contributed by atoms with van der Waals surface area (Å²) in [6, 6.07) is 0. The van der Waals surface area contributed by atoms with E-state index in [4.69, 9.17) is 0 Å². The molecule has 4 heteroatoms. The Morgan fingerprint density at radius 3 is 2.77 bits per heavy atom. The van der Waals surface area contributed by atoms with E-state index in [2.05, 4.69) is 28.2 Å². The third-order valence-corrected chi connectivity index (χ3v) is 2.97. The highest BCUT2D eigenvalue weighted by molar-refractivity contribution is 9.09. The lowest BCUT2D eigenvalue weighted by Crippen LogP contribution is -2.30. The molecule has 0 spiro atoms. The SMILES string of the molecule is CCC(CCBr)CNC(=O)CSC. The Kier molecular flexibility index (Phi) is 9.08. The summed E-state index contributed by atoms with van der Waals surface area (Å²) in [5, 5.41) is 3.96. The number of nitrogens with one attached hydrogen (secondary N) is 1. The van der Waals surface area contributed by atoms with Crippen molar-refractivity contribution in [2.75, 3.05) is 23.9 Å². The molecule has 0 aliphatic heterocycles. The fraction of sp³-hybridized carbons (Fsp3) is 0.889. The summed E-state index contributed by atoms with van der Waals surface area (Å²) in [7, 11) is 0. The third-order valence-electron chi connectivity index (χ3n) is 1.96. The van der Waals surface area contributed by atoms with E-state index in [1.165, 1.54) is 0 Å². The average molecular weight is 268 g/mol. The molecule has 0 aromatic carbocycles. The van der Waals surface area contributed by atoms with E-state index < -0.39 is 0 Å². The van der Waals surface area contributed by atoms with Gasteiger partial charge in [-0.15, -0.1) is 0 Å². The maximum absolute atomic E-state index is 11.1. The normalized spacial score (nSPS) is 12.5. The van der Waals surface area contributed by atoms with Gasteiger partial charge >= 0.3 is 0 Å². The fourth-order valence-electron chi connectivity index (χ4n) is 1.05. The van der Waals surface area contributed by atoms with Gasteiger partial charge in [-0.3, -0.25) is 4.79 Å². The quantitative estimate of drug-likeness (QED) is 0.718. The van der Waals surface area contributed by atoms with Crippen molar-refractivity contribution in [1.29, 1.82) is 0 Å². The lowest BCUT2D eigenvalue weighted by Gasteiger charge is -2.13. The summed E-state index contributed by atoms with van der Waals surface area (Å²) < 4.78 is 0. The second-order valence-corrected chi connectivity index (χ2v) is 4.65. The number of hydrogen-bond donors (Lipinski definition) is 1. The molecule has 0 fully saturated rings. The highest BCUT2D eigenvalue weighted by Crippen LogP contribution is 2.08. The van der Waals surface area contributed by atoms with Crippen LogP contribution in [0.15, 0.2) is 0 Å². The first-order valence-corrected chi connectivity index (χ1v) is 7.07. The van der Waals surface area contributed by atoms with E-state index >= 15 is 0 Å². The molecule has 1 amide bonds. The second-order valence-electron chi connectivity index (χ2n) is 2.99. The first-order chi connectivity index (χ1) is 6.24. The van der Waals surface area contributed by atoms with Gasteiger partial charge in [0.25, 0.3) is 0 Å². The Morgan fingerprint density at radius 2 is 2.31 bits per heavy atom. The van der Waals surface area contributed by atoms with Crippen LogP contribution in [-0.2, 0) is 4.79 Å². The fourth-order valence-corrected chi connectivity index (χ4v) is 2.06. The molecular weight excluding hydrogens is 250 g/mol. The maximum atomic E-state index is 11.1. The molecule has 1 N–H and O–H groups in total. The molecule has 0 saturated carbocycles. The number of carbonyl (C=O) groups is 1. The van der Waals surface area contributed by atoms with Gasteiger partial charge in [-0.25, -0.2) is 0 Å². The average Bonchev–Trinajstić information content (AvgIpc) is 2.12. The highest BCUT2D eigenvalue weighted by Gasteiger charge is 2.06. The van der Waals surface area contributed by atoms with Gasteiger partial charge in [0, 0.05) is 11.9 Å². The molecule has 0 aromatic heterocycles. The number of hydrogen-bond acceptors (Lipinski definition) is 2. The van der Waals surface area contributed by atoms with Crippen molar-refractivity contribution >= 4 is 33.6 Å². The van der Waals surface area contributed by atoms with E-state index in [-0.39, 0.29) is 5.91 Å². The van der Waals surface area contributed by atoms with Crippen molar-refractivity contribution < 1.29 is 4.79 Å². The number of rotatable bonds is 7. The van der Waals surface area contributed by atoms with Gasteiger partial charge in [0.2, 0.25) is 5.91 Å². The summed E-state index contributed by atoms with van der Waals surface area (Å²) in [5.74, 6) is 1.34. The summed E-state index contributed by atoms with van der Waals surface area (Å²) in [5.41, 5.74) is 0. The van der Waals surface area contributed by atoms with Gasteiger partial charge in [0.15, 0.2) is 0 Å². The molecule has 2 nitrogen and oxygen atoms in total. The van der Waals surface area contributed by atoms with Crippen molar-refractivity contribution in [2.45, 2.75) is 19.8 Å². The van der Waals surface area contributed by atoms with E-state index in [1.807, 2.05) is 6.26 Å². The molecule has 0 radical (unpaired) electrons. The number of thioether (sulfide) groups is 1. The molecule has 1 unspecified atom stereocenters. The van der Waals surface area contributed by atoms with Crippen molar-refractivity contribution in [3.05, 3.63) is 0 Å². The number of halogens is 1. The van der Waals surface area contributed by atoms with Crippen LogP contribution in [0, 0.1) is 5.92 Å². The standard InChI is InChI=1S/C9H18BrNOS/c1-3-8(4-5-10)6-11-9(12)7-13-2/h8H,3-7H2,1-2H3,(H,11,12). The molecule has 1 atom stereocenters. The first kappa shape index (κ1) is 13.3. The van der Waals surface area contributed by atoms with E-state index in [9.17, 15) is 4.79 Å². The zero-order valence-electron chi connectivity index (χ0n) is 8.31. The minimum atomic E-state index is 0.153. The van der Waals surface area contributed by atoms with Crippen LogP contribution in [0.3, 0.4) is 0 Å². The molecule has 0 heterocycles. The van der Waals surface area contributed by atoms with Crippen molar-refractivity contribution in [3.63, 3.8) is 0 Å². The number of amides is 1. The van der Waals surface area contributed by atoms with Crippen LogP contribution in [-0.4, -0.2) is 29.8 Å². The van der Waals surface area contributed by atoms with Crippen LogP contribution in [0.4, 0.5) is 0 Å². The Morgan fingerprint density at radius 1 is 1.62 bits per heavy atom. The van der Waals surface area contributed by atoms with Crippen LogP contribution in [0.5, 0.6) is 0 Å². The van der Waals surface area contributed by atoms with Gasteiger partial charge in [0.1, 0.15) is 0 Å². The Bertz CT molecular complexity index is 144. The Hall–Kier alpha value is 0.300. The Balaban J connectivity index is 3.52. The largest absolute Gasteiger partial charge is 0.355 e. The van der Waals surface area contributed by atoms with Gasteiger partial charge in [-0.2, -0.15) is 11.8 Å². The van der Waals surface area contributed by atoms with E-state index in [1.54, 1.807) is 11.8 Å². The summed E-state index contributed by atoms with van der Waals surface area (Å²) in [4.78, 5) is 11.1. The van der Waals surface area contributed by atoms with E-state index in [0.717, 1.165) is 24.7 Å². The number of carbonyl (C=O) groups excluding carboxylic acids is 1. The summed E-state index contributed by atoms with van der Waals surface area (Å²) in [6.07, 6.45) is 4.20. The molecule has 0 bridgehead atoms. The van der Waals surface area contributed by atoms with Crippen LogP contribution >= 0.6 is 27.7 Å². The second kappa shape index (κ2) is 8.88. The van der Waals surface area contributed by atoms with Crippen molar-refractivity contribution in [2.24, 2.45) is 5.92 Å². The molecule has 0 aliphatic carbocycles. The zero-order valence-corrected chi connectivity index (χ0v) is 10.7. The zero-order chi connectivity index (χ0) is 10.1. The molecule has 0 saturated heterocycles. The maximum Gasteiger partial charge on any atom is 0.229 e. The minimum Gasteiger partial charge on any atom is -0.355 e. The highest BCUT2D eigenvalue weighted by atomic mass is 79.9. The summed E-state index contributed by atoms with van der Waals surface area (Å²) in [6.45, 7) is 2.98. The van der Waals surface area contributed by atoms with Gasteiger partial charge in [-0.05, 0) is 18.6 Å². The van der Waals surface area contributed by atoms with Gasteiger partial charge in [-0.1, -0.05) is 29.3 Å². The molecular formula is C9H18BrNOS. The predicted octanol–water partition coefficient (Wildman–Crippen LogP) is 2.28. The topological polar surface area (TPSA) is 29.1 Å². The molecule has 0 rings (SSSR count). The summed E-state index contributed by atoms with van der Waals surface area (Å²) >= 11 is 4.97. The van der Waals surface area contributed by atoms with Crippen LogP contribution in [0.25, 0.3) is 0 Å². The van der Waals surface area contributed by atoms with Crippen LogP contribution in [0.1, 0.15) is 19.8 Å². The van der Waals surface area contributed by atoms with E-state index in [0.29, 0.717) is 11.7 Å². The molecule has 0 aliphatic rings. The predicted molar refractivity (Wildman–Crippen MR) is 63.6 cm³/mol.